The van der Waals surface area contributed by atoms with Gasteiger partial charge in [0.2, 0.25) is 0 Å². The van der Waals surface area contributed by atoms with E-state index in [4.69, 9.17) is 4.74 Å². The van der Waals surface area contributed by atoms with Crippen molar-refractivity contribution >= 4 is 5.69 Å². The second-order valence-electron chi connectivity index (χ2n) is 5.92. The van der Waals surface area contributed by atoms with Crippen LogP contribution in [0.4, 0.5) is 5.69 Å². The first-order valence-electron chi connectivity index (χ1n) is 7.68. The van der Waals surface area contributed by atoms with Gasteiger partial charge in [0.25, 0.3) is 0 Å². The van der Waals surface area contributed by atoms with Crippen LogP contribution in [0.1, 0.15) is 44.0 Å². The number of aryl methyl sites for hydroxylation is 1. The van der Waals surface area contributed by atoms with Gasteiger partial charge in [0, 0.05) is 18.3 Å². The summed E-state index contributed by atoms with van der Waals surface area (Å²) in [4.78, 5) is 0. The maximum absolute atomic E-state index is 5.90. The summed E-state index contributed by atoms with van der Waals surface area (Å²) in [5, 5.41) is 8.05. The Labute approximate surface area is 126 Å². The van der Waals surface area contributed by atoms with E-state index in [-0.39, 0.29) is 6.10 Å². The van der Waals surface area contributed by atoms with Gasteiger partial charge in [-0.2, -0.15) is 5.10 Å². The first-order chi connectivity index (χ1) is 10.1. The summed E-state index contributed by atoms with van der Waals surface area (Å²) >= 11 is 0. The fourth-order valence-corrected chi connectivity index (χ4v) is 2.99. The van der Waals surface area contributed by atoms with Crippen LogP contribution in [0, 0.1) is 0 Å². The molecule has 3 rings (SSSR count). The van der Waals surface area contributed by atoms with E-state index in [0.717, 1.165) is 24.3 Å². The van der Waals surface area contributed by atoms with Crippen LogP contribution in [0.3, 0.4) is 0 Å². The molecule has 0 bridgehead atoms. The molecule has 0 aliphatic heterocycles. The van der Waals surface area contributed by atoms with E-state index < -0.39 is 0 Å². The third-order valence-corrected chi connectivity index (χ3v) is 3.96. The first-order valence-corrected chi connectivity index (χ1v) is 7.68. The molecule has 0 saturated heterocycles. The van der Waals surface area contributed by atoms with Crippen molar-refractivity contribution in [3.05, 3.63) is 41.7 Å². The molecule has 0 spiro atoms. The Balaban J connectivity index is 1.85. The zero-order valence-corrected chi connectivity index (χ0v) is 13.0. The molecule has 1 unspecified atom stereocenters. The highest BCUT2D eigenvalue weighted by atomic mass is 16.5. The van der Waals surface area contributed by atoms with Crippen molar-refractivity contribution in [2.24, 2.45) is 7.05 Å². The van der Waals surface area contributed by atoms with Gasteiger partial charge in [-0.05, 0) is 45.2 Å². The highest BCUT2D eigenvalue weighted by Gasteiger charge is 2.24. The molecule has 0 saturated carbocycles. The van der Waals surface area contributed by atoms with Crippen LogP contribution >= 0.6 is 0 Å². The van der Waals surface area contributed by atoms with Crippen molar-refractivity contribution in [2.75, 3.05) is 5.32 Å². The number of benzene rings is 1. The van der Waals surface area contributed by atoms with Crippen LogP contribution < -0.4 is 10.1 Å². The van der Waals surface area contributed by atoms with Gasteiger partial charge in [-0.3, -0.25) is 4.68 Å². The molecule has 1 N–H and O–H groups in total. The van der Waals surface area contributed by atoms with Crippen LogP contribution in [0.25, 0.3) is 0 Å². The summed E-state index contributed by atoms with van der Waals surface area (Å²) in [5.74, 6) is 0.920. The fourth-order valence-electron chi connectivity index (χ4n) is 2.99. The largest absolute Gasteiger partial charge is 0.489 e. The van der Waals surface area contributed by atoms with Crippen molar-refractivity contribution < 1.29 is 4.74 Å². The first kappa shape index (κ1) is 14.0. The Morgan fingerprint density at radius 1 is 1.33 bits per heavy atom. The van der Waals surface area contributed by atoms with E-state index in [9.17, 15) is 0 Å². The van der Waals surface area contributed by atoms with Crippen molar-refractivity contribution in [1.29, 1.82) is 0 Å². The SMILES string of the molecule is CC(C)Oc1ccccc1NC1CCCc2c1cnn2C. The molecule has 1 aliphatic carbocycles. The van der Waals surface area contributed by atoms with Crippen molar-refractivity contribution in [3.8, 4) is 5.75 Å². The number of rotatable bonds is 4. The molecule has 2 aromatic rings. The van der Waals surface area contributed by atoms with Gasteiger partial charge < -0.3 is 10.1 Å². The van der Waals surface area contributed by atoms with Crippen LogP contribution in [0.15, 0.2) is 30.5 Å². The lowest BCUT2D eigenvalue weighted by molar-refractivity contribution is 0.243. The number of fused-ring (bicyclic) bond motifs is 1. The van der Waals surface area contributed by atoms with Crippen molar-refractivity contribution in [1.82, 2.24) is 9.78 Å². The number of hydrogen-bond donors (Lipinski definition) is 1. The Hall–Kier alpha value is -1.97. The van der Waals surface area contributed by atoms with Gasteiger partial charge in [0.1, 0.15) is 5.75 Å². The average molecular weight is 285 g/mol. The summed E-state index contributed by atoms with van der Waals surface area (Å²) in [6.45, 7) is 4.10. The zero-order valence-electron chi connectivity index (χ0n) is 13.0. The van der Waals surface area contributed by atoms with Crippen LogP contribution in [-0.4, -0.2) is 15.9 Å². The minimum atomic E-state index is 0.174. The van der Waals surface area contributed by atoms with Gasteiger partial charge in [0.05, 0.1) is 24.0 Å². The highest BCUT2D eigenvalue weighted by Crippen LogP contribution is 2.35. The quantitative estimate of drug-likeness (QED) is 0.931. The minimum Gasteiger partial charge on any atom is -0.489 e. The molecule has 0 radical (unpaired) electrons. The summed E-state index contributed by atoms with van der Waals surface area (Å²) in [5.41, 5.74) is 3.73. The average Bonchev–Trinajstić information content (AvgIpc) is 2.83. The molecule has 1 aliphatic rings. The Morgan fingerprint density at radius 3 is 2.95 bits per heavy atom. The molecule has 4 heteroatoms. The maximum Gasteiger partial charge on any atom is 0.142 e. The predicted molar refractivity (Wildman–Crippen MR) is 84.7 cm³/mol. The van der Waals surface area contributed by atoms with E-state index in [1.165, 1.54) is 17.7 Å². The molecule has 112 valence electrons. The summed E-state index contributed by atoms with van der Waals surface area (Å²) < 4.78 is 7.90. The molecule has 1 aromatic carbocycles. The molecule has 0 fully saturated rings. The molecule has 1 heterocycles. The number of hydrogen-bond acceptors (Lipinski definition) is 3. The Bertz CT molecular complexity index is 618. The normalized spacial score (nSPS) is 17.6. The molecule has 4 nitrogen and oxygen atoms in total. The van der Waals surface area contributed by atoms with Gasteiger partial charge >= 0.3 is 0 Å². The third-order valence-electron chi connectivity index (χ3n) is 3.96. The Morgan fingerprint density at radius 2 is 2.14 bits per heavy atom. The summed E-state index contributed by atoms with van der Waals surface area (Å²) in [6.07, 6.45) is 5.62. The number of ether oxygens (including phenoxy) is 1. The monoisotopic (exact) mass is 285 g/mol. The second kappa shape index (κ2) is 5.80. The van der Waals surface area contributed by atoms with E-state index in [2.05, 4.69) is 30.3 Å². The lowest BCUT2D eigenvalue weighted by Gasteiger charge is -2.26. The second-order valence-corrected chi connectivity index (χ2v) is 5.92. The van der Waals surface area contributed by atoms with E-state index in [1.807, 2.05) is 36.1 Å². The Kier molecular flexibility index (Phi) is 3.86. The number of nitrogens with one attached hydrogen (secondary N) is 1. The summed E-state index contributed by atoms with van der Waals surface area (Å²) in [6, 6.07) is 8.48. The predicted octanol–water partition coefficient (Wildman–Crippen LogP) is 3.70. The van der Waals surface area contributed by atoms with Gasteiger partial charge in [-0.1, -0.05) is 12.1 Å². The standard InChI is InChI=1S/C17H23N3O/c1-12(2)21-17-10-5-4-7-15(17)19-14-8-6-9-16-13(14)11-18-20(16)3/h4-5,7,10-12,14,19H,6,8-9H2,1-3H3. The number of anilines is 1. The number of para-hydroxylation sites is 2. The van der Waals surface area contributed by atoms with E-state index >= 15 is 0 Å². The minimum absolute atomic E-state index is 0.174. The third kappa shape index (κ3) is 2.89. The van der Waals surface area contributed by atoms with E-state index in [1.54, 1.807) is 0 Å². The van der Waals surface area contributed by atoms with Crippen molar-refractivity contribution in [3.63, 3.8) is 0 Å². The van der Waals surface area contributed by atoms with Crippen molar-refractivity contribution in [2.45, 2.75) is 45.3 Å². The summed E-state index contributed by atoms with van der Waals surface area (Å²) in [7, 11) is 2.02. The van der Waals surface area contributed by atoms with Gasteiger partial charge in [-0.15, -0.1) is 0 Å². The number of aromatic nitrogens is 2. The van der Waals surface area contributed by atoms with Crippen LogP contribution in [-0.2, 0) is 13.5 Å². The maximum atomic E-state index is 5.90. The molecule has 21 heavy (non-hydrogen) atoms. The molecular weight excluding hydrogens is 262 g/mol. The smallest absolute Gasteiger partial charge is 0.142 e. The van der Waals surface area contributed by atoms with Crippen LogP contribution in [0.5, 0.6) is 5.75 Å². The molecular formula is C17H23N3O. The fraction of sp³-hybridized carbons (Fsp3) is 0.471. The van der Waals surface area contributed by atoms with Crippen LogP contribution in [0.2, 0.25) is 0 Å². The lowest BCUT2D eigenvalue weighted by Crippen LogP contribution is -2.18. The topological polar surface area (TPSA) is 39.1 Å². The molecule has 0 amide bonds. The molecule has 1 atom stereocenters. The lowest BCUT2D eigenvalue weighted by atomic mass is 9.93. The highest BCUT2D eigenvalue weighted by molar-refractivity contribution is 5.57. The molecule has 1 aromatic heterocycles. The van der Waals surface area contributed by atoms with E-state index in [0.29, 0.717) is 6.04 Å². The zero-order chi connectivity index (χ0) is 14.8. The van der Waals surface area contributed by atoms with Gasteiger partial charge in [0.15, 0.2) is 0 Å². The number of nitrogens with zero attached hydrogens (tertiary/aromatic N) is 2. The van der Waals surface area contributed by atoms with Gasteiger partial charge in [-0.25, -0.2) is 0 Å².